The van der Waals surface area contributed by atoms with Gasteiger partial charge in [0.25, 0.3) is 5.91 Å². The number of amides is 1. The molecule has 4 rings (SSSR count). The molecule has 0 bridgehead atoms. The van der Waals surface area contributed by atoms with Crippen molar-refractivity contribution >= 4 is 5.91 Å². The lowest BCUT2D eigenvalue weighted by Crippen LogP contribution is -2.50. The second-order valence-electron chi connectivity index (χ2n) is 6.93. The van der Waals surface area contributed by atoms with Gasteiger partial charge in [0.1, 0.15) is 12.3 Å². The zero-order valence-corrected chi connectivity index (χ0v) is 15.0. The van der Waals surface area contributed by atoms with Crippen LogP contribution < -0.4 is 10.1 Å². The third-order valence-corrected chi connectivity index (χ3v) is 5.06. The summed E-state index contributed by atoms with van der Waals surface area (Å²) in [4.78, 5) is 14.9. The normalized spacial score (nSPS) is 22.9. The van der Waals surface area contributed by atoms with Gasteiger partial charge < -0.3 is 14.8 Å². The SMILES string of the molecule is O=C(N[C@H]1COC[C@@H]1N1CCCC1)c1cc(COc2ccccc2F)[nH]n1. The average Bonchev–Trinajstić information content (AvgIpc) is 3.42. The van der Waals surface area contributed by atoms with Crippen molar-refractivity contribution in [3.05, 3.63) is 47.5 Å². The molecule has 3 heterocycles. The number of nitrogens with zero attached hydrogens (tertiary/aromatic N) is 2. The molecule has 0 radical (unpaired) electrons. The fourth-order valence-electron chi connectivity index (χ4n) is 3.63. The highest BCUT2D eigenvalue weighted by Gasteiger charge is 2.35. The molecule has 2 aliphatic rings. The predicted octanol–water partition coefficient (Wildman–Crippen LogP) is 1.72. The molecule has 0 saturated carbocycles. The van der Waals surface area contributed by atoms with E-state index in [4.69, 9.17) is 9.47 Å². The second kappa shape index (κ2) is 8.06. The van der Waals surface area contributed by atoms with E-state index in [9.17, 15) is 9.18 Å². The van der Waals surface area contributed by atoms with E-state index in [-0.39, 0.29) is 36.0 Å². The number of aromatic nitrogens is 2. The first-order chi connectivity index (χ1) is 13.2. The van der Waals surface area contributed by atoms with Gasteiger partial charge in [-0.15, -0.1) is 0 Å². The van der Waals surface area contributed by atoms with E-state index in [1.807, 2.05) is 0 Å². The van der Waals surface area contributed by atoms with Gasteiger partial charge in [-0.1, -0.05) is 12.1 Å². The first-order valence-electron chi connectivity index (χ1n) is 9.25. The van der Waals surface area contributed by atoms with Gasteiger partial charge in [0.05, 0.1) is 31.0 Å². The highest BCUT2D eigenvalue weighted by molar-refractivity contribution is 5.92. The summed E-state index contributed by atoms with van der Waals surface area (Å²) in [5.74, 6) is -0.512. The number of para-hydroxylation sites is 1. The number of hydrogen-bond acceptors (Lipinski definition) is 5. The molecule has 7 nitrogen and oxygen atoms in total. The second-order valence-corrected chi connectivity index (χ2v) is 6.93. The summed E-state index contributed by atoms with van der Waals surface area (Å²) >= 11 is 0. The molecule has 0 unspecified atom stereocenters. The van der Waals surface area contributed by atoms with Gasteiger partial charge in [0, 0.05) is 0 Å². The van der Waals surface area contributed by atoms with Crippen molar-refractivity contribution in [2.75, 3.05) is 26.3 Å². The molecule has 0 spiro atoms. The highest BCUT2D eigenvalue weighted by atomic mass is 19.1. The number of hydrogen-bond donors (Lipinski definition) is 2. The number of carbonyl (C=O) groups is 1. The molecule has 1 aromatic heterocycles. The van der Waals surface area contributed by atoms with Crippen molar-refractivity contribution in [3.8, 4) is 5.75 Å². The van der Waals surface area contributed by atoms with Gasteiger partial charge in [-0.05, 0) is 44.1 Å². The van der Waals surface area contributed by atoms with Crippen LogP contribution in [0, 0.1) is 5.82 Å². The highest BCUT2D eigenvalue weighted by Crippen LogP contribution is 2.20. The molecule has 2 saturated heterocycles. The molecule has 2 aliphatic heterocycles. The Hall–Kier alpha value is -2.45. The fourth-order valence-corrected chi connectivity index (χ4v) is 3.63. The zero-order chi connectivity index (χ0) is 18.6. The van der Waals surface area contributed by atoms with E-state index in [2.05, 4.69) is 20.4 Å². The lowest BCUT2D eigenvalue weighted by atomic mass is 10.1. The maximum absolute atomic E-state index is 13.6. The van der Waals surface area contributed by atoms with Crippen LogP contribution in [0.3, 0.4) is 0 Å². The average molecular weight is 374 g/mol. The van der Waals surface area contributed by atoms with Crippen molar-refractivity contribution in [3.63, 3.8) is 0 Å². The number of aromatic amines is 1. The van der Waals surface area contributed by atoms with Crippen molar-refractivity contribution in [1.82, 2.24) is 20.4 Å². The minimum Gasteiger partial charge on any atom is -0.484 e. The lowest BCUT2D eigenvalue weighted by Gasteiger charge is -2.27. The van der Waals surface area contributed by atoms with Gasteiger partial charge >= 0.3 is 0 Å². The van der Waals surface area contributed by atoms with Crippen LogP contribution in [0.15, 0.2) is 30.3 Å². The smallest absolute Gasteiger partial charge is 0.272 e. The van der Waals surface area contributed by atoms with E-state index in [1.54, 1.807) is 24.3 Å². The van der Waals surface area contributed by atoms with Gasteiger partial charge in [-0.2, -0.15) is 5.10 Å². The van der Waals surface area contributed by atoms with Crippen molar-refractivity contribution < 1.29 is 18.7 Å². The van der Waals surface area contributed by atoms with Crippen LogP contribution in [-0.2, 0) is 11.3 Å². The van der Waals surface area contributed by atoms with E-state index in [1.165, 1.54) is 18.9 Å². The summed E-state index contributed by atoms with van der Waals surface area (Å²) in [5, 5.41) is 9.85. The topological polar surface area (TPSA) is 79.5 Å². The molecule has 8 heteroatoms. The van der Waals surface area contributed by atoms with Gasteiger partial charge in [-0.25, -0.2) is 4.39 Å². The molecule has 2 aromatic rings. The van der Waals surface area contributed by atoms with Gasteiger partial charge in [-0.3, -0.25) is 14.8 Å². The fraction of sp³-hybridized carbons (Fsp3) is 0.474. The summed E-state index contributed by atoms with van der Waals surface area (Å²) < 4.78 is 24.6. The van der Waals surface area contributed by atoms with Gasteiger partial charge in [0.15, 0.2) is 11.6 Å². The van der Waals surface area contributed by atoms with Crippen LogP contribution in [0.4, 0.5) is 4.39 Å². The minimum absolute atomic E-state index is 0.0367. The first kappa shape index (κ1) is 17.9. The number of rotatable bonds is 6. The first-order valence-corrected chi connectivity index (χ1v) is 9.25. The molecule has 1 amide bonds. The summed E-state index contributed by atoms with van der Waals surface area (Å²) in [5.41, 5.74) is 0.886. The molecule has 0 aliphatic carbocycles. The molecule has 2 atom stereocenters. The standard InChI is InChI=1S/C19H23FN4O3/c20-14-5-1-2-6-18(14)27-10-13-9-15(23-22-13)19(25)21-16-11-26-12-17(16)24-7-3-4-8-24/h1-2,5-6,9,16-17H,3-4,7-8,10-12H2,(H,21,25)(H,22,23)/t16-,17-/m0/s1. The maximum Gasteiger partial charge on any atom is 0.272 e. The number of H-pyrrole nitrogens is 1. The summed E-state index contributed by atoms with van der Waals surface area (Å²) in [7, 11) is 0. The lowest BCUT2D eigenvalue weighted by molar-refractivity contribution is 0.0911. The van der Waals surface area contributed by atoms with Crippen LogP contribution in [-0.4, -0.2) is 59.4 Å². The molecule has 2 N–H and O–H groups in total. The molecule has 27 heavy (non-hydrogen) atoms. The summed E-state index contributed by atoms with van der Waals surface area (Å²) in [6.07, 6.45) is 2.39. The summed E-state index contributed by atoms with van der Waals surface area (Å²) in [6.45, 7) is 3.37. The Bertz CT molecular complexity index is 791. The zero-order valence-electron chi connectivity index (χ0n) is 15.0. The minimum atomic E-state index is -0.427. The van der Waals surface area contributed by atoms with E-state index < -0.39 is 5.82 Å². The Morgan fingerprint density at radius 2 is 2.15 bits per heavy atom. The Morgan fingerprint density at radius 3 is 2.96 bits per heavy atom. The Morgan fingerprint density at radius 1 is 1.33 bits per heavy atom. The largest absolute Gasteiger partial charge is 0.484 e. The molecular weight excluding hydrogens is 351 g/mol. The third-order valence-electron chi connectivity index (χ3n) is 5.06. The predicted molar refractivity (Wildman–Crippen MR) is 96.0 cm³/mol. The number of carbonyl (C=O) groups excluding carboxylic acids is 1. The molecule has 2 fully saturated rings. The number of nitrogens with one attached hydrogen (secondary N) is 2. The van der Waals surface area contributed by atoms with Crippen molar-refractivity contribution in [2.45, 2.75) is 31.5 Å². The quantitative estimate of drug-likeness (QED) is 0.805. The number of ether oxygens (including phenoxy) is 2. The third kappa shape index (κ3) is 4.12. The van der Waals surface area contributed by atoms with Gasteiger partial charge in [0.2, 0.25) is 0 Å². The Balaban J connectivity index is 1.33. The van der Waals surface area contributed by atoms with Crippen molar-refractivity contribution in [1.29, 1.82) is 0 Å². The van der Waals surface area contributed by atoms with Crippen LogP contribution in [0.1, 0.15) is 29.0 Å². The molecular formula is C19H23FN4O3. The maximum atomic E-state index is 13.6. The van der Waals surface area contributed by atoms with Crippen LogP contribution in [0.5, 0.6) is 5.75 Å². The van der Waals surface area contributed by atoms with E-state index in [0.29, 0.717) is 18.9 Å². The monoisotopic (exact) mass is 374 g/mol. The summed E-state index contributed by atoms with van der Waals surface area (Å²) in [6, 6.07) is 7.99. The van der Waals surface area contributed by atoms with Crippen LogP contribution in [0.2, 0.25) is 0 Å². The van der Waals surface area contributed by atoms with Crippen LogP contribution in [0.25, 0.3) is 0 Å². The van der Waals surface area contributed by atoms with Crippen LogP contribution >= 0.6 is 0 Å². The molecule has 144 valence electrons. The number of likely N-dealkylation sites (tertiary alicyclic amines) is 1. The van der Waals surface area contributed by atoms with E-state index in [0.717, 1.165) is 13.1 Å². The Labute approximate surface area is 156 Å². The Kier molecular flexibility index (Phi) is 5.35. The molecule has 1 aromatic carbocycles. The number of benzene rings is 1. The van der Waals surface area contributed by atoms with Crippen molar-refractivity contribution in [2.24, 2.45) is 0 Å². The van der Waals surface area contributed by atoms with E-state index >= 15 is 0 Å². The number of halogens is 1.